The van der Waals surface area contributed by atoms with Gasteiger partial charge in [0.05, 0.1) is 23.6 Å². The Kier molecular flexibility index (Phi) is 6.22. The standard InChI is InChI=1S/C20H19N5O2S/c1-13-9-18(28-25-13)24-17-10-16(8-7-15(17)11-21)23-20(19(22)26)27-12-14-5-3-2-4-6-14/h2-10,20,23-24H,12H2,1H3,(H2,22,26)/t20-/m1/s1. The summed E-state index contributed by atoms with van der Waals surface area (Å²) in [5.41, 5.74) is 8.96. The molecule has 0 saturated carbocycles. The van der Waals surface area contributed by atoms with Gasteiger partial charge in [0.2, 0.25) is 6.23 Å². The highest BCUT2D eigenvalue weighted by Crippen LogP contribution is 2.27. The van der Waals surface area contributed by atoms with E-state index >= 15 is 0 Å². The van der Waals surface area contributed by atoms with E-state index in [0.717, 1.165) is 16.3 Å². The zero-order valence-electron chi connectivity index (χ0n) is 15.2. The molecule has 0 aliphatic heterocycles. The van der Waals surface area contributed by atoms with Crippen LogP contribution in [0.4, 0.5) is 16.4 Å². The molecule has 1 amide bonds. The van der Waals surface area contributed by atoms with Crippen LogP contribution in [0.25, 0.3) is 0 Å². The largest absolute Gasteiger partial charge is 0.366 e. The summed E-state index contributed by atoms with van der Waals surface area (Å²) >= 11 is 1.30. The first-order valence-corrected chi connectivity index (χ1v) is 9.28. The lowest BCUT2D eigenvalue weighted by Gasteiger charge is -2.18. The number of ether oxygens (including phenoxy) is 1. The molecular formula is C20H19N5O2S. The van der Waals surface area contributed by atoms with Crippen LogP contribution in [0, 0.1) is 18.3 Å². The molecule has 0 fully saturated rings. The van der Waals surface area contributed by atoms with Gasteiger partial charge in [0.1, 0.15) is 11.1 Å². The average Bonchev–Trinajstić information content (AvgIpc) is 3.10. The fourth-order valence-corrected chi connectivity index (χ4v) is 3.16. The van der Waals surface area contributed by atoms with E-state index < -0.39 is 12.1 Å². The minimum Gasteiger partial charge on any atom is -0.366 e. The van der Waals surface area contributed by atoms with Crippen LogP contribution in [0.2, 0.25) is 0 Å². The molecule has 0 spiro atoms. The van der Waals surface area contributed by atoms with E-state index in [4.69, 9.17) is 10.5 Å². The monoisotopic (exact) mass is 393 g/mol. The van der Waals surface area contributed by atoms with E-state index in [-0.39, 0.29) is 6.61 Å². The lowest BCUT2D eigenvalue weighted by Crippen LogP contribution is -2.37. The van der Waals surface area contributed by atoms with E-state index in [2.05, 4.69) is 21.1 Å². The second-order valence-corrected chi connectivity index (χ2v) is 6.86. The van der Waals surface area contributed by atoms with Gasteiger partial charge in [-0.15, -0.1) is 0 Å². The number of benzene rings is 2. The first kappa shape index (κ1) is 19.4. The topological polar surface area (TPSA) is 113 Å². The molecule has 3 aromatic rings. The summed E-state index contributed by atoms with van der Waals surface area (Å²) in [6.45, 7) is 2.13. The molecule has 1 heterocycles. The van der Waals surface area contributed by atoms with Crippen molar-refractivity contribution in [3.8, 4) is 6.07 Å². The smallest absolute Gasteiger partial charge is 0.267 e. The summed E-state index contributed by atoms with van der Waals surface area (Å²) in [6, 6.07) is 18.6. The number of nitrogens with one attached hydrogen (secondary N) is 2. The molecule has 142 valence electrons. The van der Waals surface area contributed by atoms with Crippen LogP contribution in [0.5, 0.6) is 0 Å². The zero-order valence-corrected chi connectivity index (χ0v) is 16.0. The van der Waals surface area contributed by atoms with Crippen molar-refractivity contribution in [1.82, 2.24) is 4.37 Å². The number of amides is 1. The first-order chi connectivity index (χ1) is 13.5. The molecule has 4 N–H and O–H groups in total. The van der Waals surface area contributed by atoms with Gasteiger partial charge in [-0.25, -0.2) is 0 Å². The van der Waals surface area contributed by atoms with Crippen molar-refractivity contribution in [3.05, 3.63) is 71.4 Å². The van der Waals surface area contributed by atoms with Crippen molar-refractivity contribution in [2.45, 2.75) is 19.8 Å². The number of carbonyl (C=O) groups is 1. The van der Waals surface area contributed by atoms with Crippen LogP contribution in [-0.2, 0) is 16.1 Å². The summed E-state index contributed by atoms with van der Waals surface area (Å²) in [6.07, 6.45) is -1.01. The second kappa shape index (κ2) is 8.99. The molecule has 0 aliphatic rings. The normalized spacial score (nSPS) is 11.4. The van der Waals surface area contributed by atoms with E-state index in [1.165, 1.54) is 11.5 Å². The lowest BCUT2D eigenvalue weighted by molar-refractivity contribution is -0.128. The van der Waals surface area contributed by atoms with Crippen molar-refractivity contribution in [2.24, 2.45) is 5.73 Å². The number of aromatic nitrogens is 1. The Morgan fingerprint density at radius 2 is 2.07 bits per heavy atom. The second-order valence-electron chi connectivity index (χ2n) is 6.05. The third-order valence-corrected chi connectivity index (χ3v) is 4.64. The van der Waals surface area contributed by atoms with Crippen LogP contribution in [-0.4, -0.2) is 16.5 Å². The summed E-state index contributed by atoms with van der Waals surface area (Å²) in [4.78, 5) is 11.8. The molecule has 28 heavy (non-hydrogen) atoms. The number of nitrogens with zero attached hydrogens (tertiary/aromatic N) is 2. The molecule has 0 aliphatic carbocycles. The minimum absolute atomic E-state index is 0.239. The highest BCUT2D eigenvalue weighted by molar-refractivity contribution is 7.10. The summed E-state index contributed by atoms with van der Waals surface area (Å²) in [7, 11) is 0. The first-order valence-electron chi connectivity index (χ1n) is 8.51. The highest BCUT2D eigenvalue weighted by Gasteiger charge is 2.17. The molecule has 1 atom stereocenters. The highest BCUT2D eigenvalue weighted by atomic mass is 32.1. The maximum Gasteiger partial charge on any atom is 0.267 e. The maximum absolute atomic E-state index is 11.8. The summed E-state index contributed by atoms with van der Waals surface area (Å²) in [5, 5.41) is 16.3. The molecule has 7 nitrogen and oxygen atoms in total. The Balaban J connectivity index is 1.74. The van der Waals surface area contributed by atoms with Gasteiger partial charge in [-0.3, -0.25) is 4.79 Å². The van der Waals surface area contributed by atoms with Crippen molar-refractivity contribution >= 4 is 33.8 Å². The number of aryl methyl sites for hydroxylation is 1. The molecule has 2 aromatic carbocycles. The van der Waals surface area contributed by atoms with Crippen LogP contribution in [0.1, 0.15) is 16.8 Å². The van der Waals surface area contributed by atoms with Crippen LogP contribution >= 0.6 is 11.5 Å². The van der Waals surface area contributed by atoms with Gasteiger partial charge in [-0.2, -0.15) is 9.64 Å². The fraction of sp³-hybridized carbons (Fsp3) is 0.150. The predicted octanol–water partition coefficient (Wildman–Crippen LogP) is 3.51. The quantitative estimate of drug-likeness (QED) is 0.505. The van der Waals surface area contributed by atoms with E-state index in [1.54, 1.807) is 18.2 Å². The number of nitrogens with two attached hydrogens (primary N) is 1. The molecule has 0 saturated heterocycles. The fourth-order valence-electron chi connectivity index (χ4n) is 2.49. The molecule has 8 heteroatoms. The Hall–Kier alpha value is -3.41. The number of anilines is 3. The molecule has 0 unspecified atom stereocenters. The molecule has 0 bridgehead atoms. The summed E-state index contributed by atoms with van der Waals surface area (Å²) < 4.78 is 9.85. The molecular weight excluding hydrogens is 374 g/mol. The number of rotatable bonds is 8. The third kappa shape index (κ3) is 5.07. The molecule has 1 aromatic heterocycles. The van der Waals surface area contributed by atoms with Crippen LogP contribution < -0.4 is 16.4 Å². The van der Waals surface area contributed by atoms with E-state index in [9.17, 15) is 10.1 Å². The Labute approximate surface area is 166 Å². The number of hydrogen-bond donors (Lipinski definition) is 3. The number of nitriles is 1. The molecule has 0 radical (unpaired) electrons. The van der Waals surface area contributed by atoms with Crippen molar-refractivity contribution in [3.63, 3.8) is 0 Å². The van der Waals surface area contributed by atoms with Gasteiger partial charge in [-0.1, -0.05) is 30.3 Å². The Morgan fingerprint density at radius 3 is 2.71 bits per heavy atom. The average molecular weight is 393 g/mol. The van der Waals surface area contributed by atoms with Gasteiger partial charge in [-0.05, 0) is 48.3 Å². The maximum atomic E-state index is 11.8. The van der Waals surface area contributed by atoms with Gasteiger partial charge < -0.3 is 21.1 Å². The number of carbonyl (C=O) groups excluding carboxylic acids is 1. The molecule has 3 rings (SSSR count). The Bertz CT molecular complexity index is 997. The third-order valence-electron chi connectivity index (χ3n) is 3.84. The van der Waals surface area contributed by atoms with Crippen molar-refractivity contribution in [1.29, 1.82) is 5.26 Å². The van der Waals surface area contributed by atoms with Gasteiger partial charge >= 0.3 is 0 Å². The van der Waals surface area contributed by atoms with Gasteiger partial charge in [0.15, 0.2) is 0 Å². The summed E-state index contributed by atoms with van der Waals surface area (Å²) in [5.74, 6) is -0.632. The predicted molar refractivity (Wildman–Crippen MR) is 109 cm³/mol. The van der Waals surface area contributed by atoms with E-state index in [0.29, 0.717) is 16.9 Å². The zero-order chi connectivity index (χ0) is 19.9. The lowest BCUT2D eigenvalue weighted by atomic mass is 10.1. The SMILES string of the molecule is Cc1cc(Nc2cc(N[C@H](OCc3ccccc3)C(N)=O)ccc2C#N)sn1. The van der Waals surface area contributed by atoms with Crippen molar-refractivity contribution in [2.75, 3.05) is 10.6 Å². The van der Waals surface area contributed by atoms with Crippen LogP contribution in [0.15, 0.2) is 54.6 Å². The van der Waals surface area contributed by atoms with E-state index in [1.807, 2.05) is 43.3 Å². The minimum atomic E-state index is -1.01. The van der Waals surface area contributed by atoms with Crippen molar-refractivity contribution < 1.29 is 9.53 Å². The number of hydrogen-bond acceptors (Lipinski definition) is 7. The number of primary amides is 1. The Morgan fingerprint density at radius 1 is 1.29 bits per heavy atom. The van der Waals surface area contributed by atoms with Gasteiger partial charge in [0, 0.05) is 5.69 Å². The van der Waals surface area contributed by atoms with Gasteiger partial charge in [0.25, 0.3) is 5.91 Å². The van der Waals surface area contributed by atoms with Crippen LogP contribution in [0.3, 0.4) is 0 Å².